The predicted molar refractivity (Wildman–Crippen MR) is 110 cm³/mol. The van der Waals surface area contributed by atoms with Crippen molar-refractivity contribution in [3.63, 3.8) is 0 Å². The number of unbranched alkanes of at least 4 members (excludes halogenated alkanes) is 2. The molecule has 0 heterocycles. The molecule has 1 aromatic rings. The molecule has 1 rings (SSSR count). The molecule has 0 aliphatic rings. The number of rotatable bonds is 10. The number of carbonyl (C=O) groups is 2. The van der Waals surface area contributed by atoms with Gasteiger partial charge in [-0.2, -0.15) is 0 Å². The predicted octanol–water partition coefficient (Wildman–Crippen LogP) is 5.85. The molecule has 0 amide bonds. The first-order valence-electron chi connectivity index (χ1n) is 9.73. The van der Waals surface area contributed by atoms with Gasteiger partial charge in [0.15, 0.2) is 19.4 Å². The van der Waals surface area contributed by atoms with E-state index in [0.717, 1.165) is 36.0 Å². The lowest BCUT2D eigenvalue weighted by atomic mass is 9.76. The van der Waals surface area contributed by atoms with Crippen LogP contribution in [-0.4, -0.2) is 23.5 Å². The Morgan fingerprint density at radius 2 is 1.67 bits per heavy atom. The van der Waals surface area contributed by atoms with E-state index in [1.165, 1.54) is 0 Å². The van der Waals surface area contributed by atoms with Gasteiger partial charge in [-0.3, -0.25) is 14.2 Å². The number of esters is 1. The van der Waals surface area contributed by atoms with Crippen molar-refractivity contribution in [1.29, 1.82) is 0 Å². The maximum atomic E-state index is 13.5. The number of benzene rings is 1. The summed E-state index contributed by atoms with van der Waals surface area (Å²) in [5.41, 5.74) is 3.46. The van der Waals surface area contributed by atoms with Crippen LogP contribution in [0.4, 0.5) is 0 Å². The lowest BCUT2D eigenvalue weighted by molar-refractivity contribution is -0.148. The number of ether oxygens (including phenoxy) is 1. The van der Waals surface area contributed by atoms with Crippen molar-refractivity contribution >= 4 is 20.2 Å². The second kappa shape index (κ2) is 10.1. The Kier molecular flexibility index (Phi) is 8.81. The molecule has 4 nitrogen and oxygen atoms in total. The topological polar surface area (TPSA) is 60.4 Å². The van der Waals surface area contributed by atoms with E-state index in [1.807, 2.05) is 46.8 Å². The van der Waals surface area contributed by atoms with Gasteiger partial charge in [-0.1, -0.05) is 51.3 Å². The van der Waals surface area contributed by atoms with Crippen molar-refractivity contribution < 1.29 is 18.9 Å². The second-order valence-corrected chi connectivity index (χ2v) is 9.05. The molecule has 1 aromatic carbocycles. The van der Waals surface area contributed by atoms with Crippen LogP contribution in [0.15, 0.2) is 12.1 Å². The zero-order chi connectivity index (χ0) is 20.8. The van der Waals surface area contributed by atoms with Crippen molar-refractivity contribution in [3.8, 4) is 0 Å². The Bertz CT molecular complexity index is 673. The van der Waals surface area contributed by atoms with Gasteiger partial charge < -0.3 is 4.74 Å². The molecule has 0 saturated carbocycles. The number of aryl methyl sites for hydroxylation is 3. The molecule has 0 aliphatic carbocycles. The molecule has 0 aliphatic heterocycles. The molecule has 0 saturated heterocycles. The van der Waals surface area contributed by atoms with E-state index in [4.69, 9.17) is 4.74 Å². The fraction of sp³-hybridized carbons (Fsp3) is 0.636. The zero-order valence-electron chi connectivity index (χ0n) is 17.7. The SMILES string of the molecule is CCCCCOC(=O)C(C)(P=O)C(C(=O)c1c(C)cc(C)cc1C)C(C)C. The Balaban J connectivity index is 3.26. The maximum absolute atomic E-state index is 13.5. The lowest BCUT2D eigenvalue weighted by Gasteiger charge is -2.32. The summed E-state index contributed by atoms with van der Waals surface area (Å²) in [4.78, 5) is 26.3. The van der Waals surface area contributed by atoms with Crippen molar-refractivity contribution in [2.45, 2.75) is 72.9 Å². The molecule has 2 atom stereocenters. The standard InChI is InChI=1S/C22H33O4P/c1-8-9-10-11-26-21(24)22(7,27-25)19(14(2)3)20(23)18-16(5)12-15(4)13-17(18)6/h12-14,19H,8-11H2,1-7H3. The van der Waals surface area contributed by atoms with Crippen LogP contribution in [0.5, 0.6) is 0 Å². The van der Waals surface area contributed by atoms with E-state index >= 15 is 0 Å². The van der Waals surface area contributed by atoms with Crippen LogP contribution in [0.3, 0.4) is 0 Å². The van der Waals surface area contributed by atoms with E-state index in [0.29, 0.717) is 12.2 Å². The Hall–Kier alpha value is -1.54. The van der Waals surface area contributed by atoms with Gasteiger partial charge >= 0.3 is 5.97 Å². The van der Waals surface area contributed by atoms with Crippen LogP contribution in [0.1, 0.15) is 74.0 Å². The van der Waals surface area contributed by atoms with Crippen molar-refractivity contribution in [2.75, 3.05) is 6.61 Å². The normalized spacial score (nSPS) is 14.8. The van der Waals surface area contributed by atoms with Gasteiger partial charge in [-0.15, -0.1) is 0 Å². The molecule has 0 fully saturated rings. The minimum absolute atomic E-state index is 0.142. The minimum Gasteiger partial charge on any atom is -0.465 e. The molecule has 0 radical (unpaired) electrons. The van der Waals surface area contributed by atoms with Gasteiger partial charge in [-0.05, 0) is 51.2 Å². The van der Waals surface area contributed by atoms with Crippen LogP contribution in [0, 0.1) is 32.6 Å². The van der Waals surface area contributed by atoms with Crippen LogP contribution < -0.4 is 0 Å². The van der Waals surface area contributed by atoms with Gasteiger partial charge in [0.25, 0.3) is 0 Å². The molecule has 27 heavy (non-hydrogen) atoms. The number of Topliss-reactive ketones (excluding diaryl/α,β-unsaturated/α-hetero) is 1. The van der Waals surface area contributed by atoms with Crippen LogP contribution in [-0.2, 0) is 14.1 Å². The highest BCUT2D eigenvalue weighted by atomic mass is 31.1. The Labute approximate surface area is 165 Å². The summed E-state index contributed by atoms with van der Waals surface area (Å²) in [7, 11) is -0.388. The minimum atomic E-state index is -1.40. The maximum Gasteiger partial charge on any atom is 0.324 e. The van der Waals surface area contributed by atoms with Gasteiger partial charge in [0.1, 0.15) is 0 Å². The van der Waals surface area contributed by atoms with Gasteiger partial charge in [0, 0.05) is 5.56 Å². The highest BCUT2D eigenvalue weighted by molar-refractivity contribution is 7.27. The third-order valence-corrected chi connectivity index (χ3v) is 5.90. The van der Waals surface area contributed by atoms with E-state index in [2.05, 4.69) is 6.92 Å². The van der Waals surface area contributed by atoms with Crippen molar-refractivity contribution in [1.82, 2.24) is 0 Å². The number of hydrogen-bond donors (Lipinski definition) is 0. The fourth-order valence-electron chi connectivity index (χ4n) is 3.82. The summed E-state index contributed by atoms with van der Waals surface area (Å²) in [5, 5.41) is -1.40. The molecule has 0 spiro atoms. The first-order valence-corrected chi connectivity index (χ1v) is 10.5. The fourth-order valence-corrected chi connectivity index (χ4v) is 4.48. The first kappa shape index (κ1) is 23.5. The number of hydrogen-bond acceptors (Lipinski definition) is 4. The van der Waals surface area contributed by atoms with E-state index in [1.54, 1.807) is 6.92 Å². The van der Waals surface area contributed by atoms with Gasteiger partial charge in [-0.25, -0.2) is 0 Å². The summed E-state index contributed by atoms with van der Waals surface area (Å²) in [5.74, 6) is -1.59. The summed E-state index contributed by atoms with van der Waals surface area (Å²) in [6, 6.07) is 3.93. The first-order chi connectivity index (χ1) is 12.6. The lowest BCUT2D eigenvalue weighted by Crippen LogP contribution is -2.46. The summed E-state index contributed by atoms with van der Waals surface area (Å²) in [6.45, 7) is 13.5. The molecule has 150 valence electrons. The number of ketones is 1. The van der Waals surface area contributed by atoms with E-state index < -0.39 is 17.0 Å². The monoisotopic (exact) mass is 392 g/mol. The molecule has 0 N–H and O–H groups in total. The molecule has 5 heteroatoms. The van der Waals surface area contributed by atoms with Gasteiger partial charge in [0.2, 0.25) is 0 Å². The highest BCUT2D eigenvalue weighted by Gasteiger charge is 2.49. The van der Waals surface area contributed by atoms with E-state index in [9.17, 15) is 14.2 Å². The van der Waals surface area contributed by atoms with Gasteiger partial charge in [0.05, 0.1) is 12.5 Å². The largest absolute Gasteiger partial charge is 0.465 e. The highest BCUT2D eigenvalue weighted by Crippen LogP contribution is 2.40. The zero-order valence-corrected chi connectivity index (χ0v) is 18.6. The molecular formula is C22H33O4P. The second-order valence-electron chi connectivity index (χ2n) is 7.94. The third-order valence-electron chi connectivity index (χ3n) is 5.06. The average molecular weight is 392 g/mol. The quantitative estimate of drug-likeness (QED) is 0.217. The van der Waals surface area contributed by atoms with Crippen LogP contribution >= 0.6 is 8.46 Å². The average Bonchev–Trinajstić information content (AvgIpc) is 2.57. The summed E-state index contributed by atoms with van der Waals surface area (Å²) >= 11 is 0. The summed E-state index contributed by atoms with van der Waals surface area (Å²) < 4.78 is 17.5. The van der Waals surface area contributed by atoms with Crippen LogP contribution in [0.2, 0.25) is 0 Å². The third kappa shape index (κ3) is 5.48. The Morgan fingerprint density at radius 3 is 2.11 bits per heavy atom. The molecular weight excluding hydrogens is 359 g/mol. The van der Waals surface area contributed by atoms with E-state index in [-0.39, 0.29) is 20.2 Å². The van der Waals surface area contributed by atoms with Crippen LogP contribution in [0.25, 0.3) is 0 Å². The van der Waals surface area contributed by atoms with Crippen molar-refractivity contribution in [2.24, 2.45) is 11.8 Å². The smallest absolute Gasteiger partial charge is 0.324 e. The molecule has 2 unspecified atom stereocenters. The number of carbonyl (C=O) groups excluding carboxylic acids is 2. The molecule has 0 bridgehead atoms. The van der Waals surface area contributed by atoms with Crippen molar-refractivity contribution in [3.05, 3.63) is 34.4 Å². The molecule has 0 aromatic heterocycles. The Morgan fingerprint density at radius 1 is 1.11 bits per heavy atom. The summed E-state index contributed by atoms with van der Waals surface area (Å²) in [6.07, 6.45) is 2.76.